The molecule has 3 rings (SSSR count). The fourth-order valence-electron chi connectivity index (χ4n) is 2.43. The molecule has 0 spiro atoms. The predicted octanol–water partition coefficient (Wildman–Crippen LogP) is 2.66. The van der Waals surface area contributed by atoms with Gasteiger partial charge in [0.15, 0.2) is 12.3 Å². The zero-order valence-corrected chi connectivity index (χ0v) is 13.5. The highest BCUT2D eigenvalue weighted by molar-refractivity contribution is 6.04. The van der Waals surface area contributed by atoms with Crippen LogP contribution in [0, 0.1) is 5.21 Å². The SMILES string of the molecule is C[C@@H](OC(=O)c1cccc[n+]1[O-])C(=O)Nc1cccc2ccccc12. The Morgan fingerprint density at radius 1 is 1.04 bits per heavy atom. The van der Waals surface area contributed by atoms with Crippen LogP contribution in [0.15, 0.2) is 66.9 Å². The lowest BCUT2D eigenvalue weighted by molar-refractivity contribution is -0.608. The molecule has 1 amide bonds. The van der Waals surface area contributed by atoms with Crippen LogP contribution < -0.4 is 10.0 Å². The van der Waals surface area contributed by atoms with Crippen LogP contribution in [0.25, 0.3) is 10.8 Å². The van der Waals surface area contributed by atoms with E-state index in [1.165, 1.54) is 25.3 Å². The highest BCUT2D eigenvalue weighted by Crippen LogP contribution is 2.23. The molecule has 1 N–H and O–H groups in total. The summed E-state index contributed by atoms with van der Waals surface area (Å²) in [5.74, 6) is -1.32. The maximum atomic E-state index is 12.3. The molecule has 0 saturated carbocycles. The van der Waals surface area contributed by atoms with Crippen molar-refractivity contribution >= 4 is 28.3 Å². The molecular formula is C19H16N2O4. The third-order valence-corrected chi connectivity index (χ3v) is 3.73. The number of esters is 1. The molecular weight excluding hydrogens is 320 g/mol. The monoisotopic (exact) mass is 336 g/mol. The van der Waals surface area contributed by atoms with Crippen molar-refractivity contribution in [2.24, 2.45) is 0 Å². The van der Waals surface area contributed by atoms with Crippen LogP contribution in [-0.4, -0.2) is 18.0 Å². The Morgan fingerprint density at radius 2 is 1.76 bits per heavy atom. The van der Waals surface area contributed by atoms with Gasteiger partial charge in [-0.1, -0.05) is 36.4 Å². The van der Waals surface area contributed by atoms with Crippen LogP contribution >= 0.6 is 0 Å². The number of fused-ring (bicyclic) bond motifs is 1. The Morgan fingerprint density at radius 3 is 2.56 bits per heavy atom. The van der Waals surface area contributed by atoms with E-state index in [4.69, 9.17) is 4.74 Å². The molecule has 126 valence electrons. The molecule has 0 unspecified atom stereocenters. The molecule has 0 aliphatic rings. The molecule has 6 heteroatoms. The minimum absolute atomic E-state index is 0.174. The first-order valence-corrected chi connectivity index (χ1v) is 7.74. The van der Waals surface area contributed by atoms with Crippen molar-refractivity contribution in [2.75, 3.05) is 5.32 Å². The predicted molar refractivity (Wildman–Crippen MR) is 92.9 cm³/mol. The van der Waals surface area contributed by atoms with Crippen molar-refractivity contribution in [2.45, 2.75) is 13.0 Å². The number of nitrogens with zero attached hydrogens (tertiary/aromatic N) is 1. The number of benzene rings is 2. The number of carbonyl (C=O) groups is 2. The molecule has 25 heavy (non-hydrogen) atoms. The van der Waals surface area contributed by atoms with E-state index in [1.54, 1.807) is 12.1 Å². The lowest BCUT2D eigenvalue weighted by Gasteiger charge is -2.14. The largest absolute Gasteiger partial charge is 0.618 e. The maximum Gasteiger partial charge on any atom is 0.405 e. The van der Waals surface area contributed by atoms with Gasteiger partial charge in [0.1, 0.15) is 0 Å². The summed E-state index contributed by atoms with van der Waals surface area (Å²) in [6.07, 6.45) is 0.143. The van der Waals surface area contributed by atoms with Crippen molar-refractivity contribution in [1.29, 1.82) is 0 Å². The molecule has 0 aliphatic carbocycles. The standard InChI is InChI=1S/C19H16N2O4/c1-13(25-19(23)17-11-4-5-12-21(17)24)18(22)20-16-10-6-8-14-7-2-3-9-15(14)16/h2-13H,1H3,(H,20,22)/t13-/m1/s1. The molecule has 0 saturated heterocycles. The number of pyridine rings is 1. The molecule has 0 fully saturated rings. The van der Waals surface area contributed by atoms with Gasteiger partial charge in [0.25, 0.3) is 5.91 Å². The average molecular weight is 336 g/mol. The minimum Gasteiger partial charge on any atom is -0.618 e. The third-order valence-electron chi connectivity index (χ3n) is 3.73. The maximum absolute atomic E-state index is 12.3. The van der Waals surface area contributed by atoms with Gasteiger partial charge in [-0.05, 0) is 24.4 Å². The van der Waals surface area contributed by atoms with E-state index in [9.17, 15) is 14.8 Å². The Balaban J connectivity index is 1.72. The van der Waals surface area contributed by atoms with Crippen molar-refractivity contribution in [3.05, 3.63) is 77.8 Å². The van der Waals surface area contributed by atoms with E-state index in [-0.39, 0.29) is 5.69 Å². The van der Waals surface area contributed by atoms with Gasteiger partial charge >= 0.3 is 11.7 Å². The summed E-state index contributed by atoms with van der Waals surface area (Å²) < 4.78 is 5.49. The van der Waals surface area contributed by atoms with Gasteiger partial charge < -0.3 is 15.3 Å². The van der Waals surface area contributed by atoms with E-state index in [0.717, 1.165) is 10.8 Å². The molecule has 0 bridgehead atoms. The average Bonchev–Trinajstić information content (AvgIpc) is 2.62. The Labute approximate surface area is 144 Å². The number of nitrogens with one attached hydrogen (secondary N) is 1. The summed E-state index contributed by atoms with van der Waals surface area (Å²) in [6, 6.07) is 17.6. The number of amides is 1. The van der Waals surface area contributed by atoms with Gasteiger partial charge in [-0.15, -0.1) is 0 Å². The van der Waals surface area contributed by atoms with E-state index >= 15 is 0 Å². The van der Waals surface area contributed by atoms with E-state index in [0.29, 0.717) is 10.4 Å². The first-order chi connectivity index (χ1) is 12.1. The van der Waals surface area contributed by atoms with E-state index < -0.39 is 18.0 Å². The number of hydrogen-bond donors (Lipinski definition) is 1. The van der Waals surface area contributed by atoms with Crippen molar-refractivity contribution < 1.29 is 19.1 Å². The van der Waals surface area contributed by atoms with Crippen molar-refractivity contribution in [1.82, 2.24) is 0 Å². The molecule has 6 nitrogen and oxygen atoms in total. The number of anilines is 1. The van der Waals surface area contributed by atoms with Crippen LogP contribution in [0.3, 0.4) is 0 Å². The van der Waals surface area contributed by atoms with Gasteiger partial charge in [0, 0.05) is 23.2 Å². The second-order valence-corrected chi connectivity index (χ2v) is 5.48. The second kappa shape index (κ2) is 7.00. The van der Waals surface area contributed by atoms with Crippen molar-refractivity contribution in [3.63, 3.8) is 0 Å². The fourth-order valence-corrected chi connectivity index (χ4v) is 2.43. The summed E-state index contributed by atoms with van der Waals surface area (Å²) in [5, 5.41) is 16.2. The van der Waals surface area contributed by atoms with Crippen molar-refractivity contribution in [3.8, 4) is 0 Å². The van der Waals surface area contributed by atoms with Gasteiger partial charge in [0.05, 0.1) is 0 Å². The summed E-state index contributed by atoms with van der Waals surface area (Å²) in [6.45, 7) is 1.45. The number of rotatable bonds is 4. The van der Waals surface area contributed by atoms with E-state index in [1.807, 2.05) is 36.4 Å². The summed E-state index contributed by atoms with van der Waals surface area (Å²) in [4.78, 5) is 24.4. The first kappa shape index (κ1) is 16.4. The molecule has 1 atom stereocenters. The number of carbonyl (C=O) groups excluding carboxylic acids is 2. The first-order valence-electron chi connectivity index (χ1n) is 7.74. The molecule has 0 aliphatic heterocycles. The topological polar surface area (TPSA) is 82.3 Å². The summed E-state index contributed by atoms with van der Waals surface area (Å²) in [5.41, 5.74) is 0.455. The van der Waals surface area contributed by atoms with Crippen LogP contribution in [-0.2, 0) is 9.53 Å². The zero-order valence-electron chi connectivity index (χ0n) is 13.5. The lowest BCUT2D eigenvalue weighted by Crippen LogP contribution is -2.37. The molecule has 0 radical (unpaired) electrons. The highest BCUT2D eigenvalue weighted by atomic mass is 16.6. The highest BCUT2D eigenvalue weighted by Gasteiger charge is 2.24. The third kappa shape index (κ3) is 3.58. The second-order valence-electron chi connectivity index (χ2n) is 5.48. The Kier molecular flexibility index (Phi) is 4.61. The van der Waals surface area contributed by atoms with Gasteiger partial charge in [-0.3, -0.25) is 4.79 Å². The molecule has 3 aromatic rings. The minimum atomic E-state index is -1.05. The zero-order chi connectivity index (χ0) is 17.8. The van der Waals surface area contributed by atoms with Crippen LogP contribution in [0.5, 0.6) is 0 Å². The fraction of sp³-hybridized carbons (Fsp3) is 0.105. The molecule has 2 aromatic carbocycles. The van der Waals surface area contributed by atoms with Crippen LogP contribution in [0.1, 0.15) is 17.4 Å². The number of hydrogen-bond acceptors (Lipinski definition) is 4. The van der Waals surface area contributed by atoms with Gasteiger partial charge in [-0.2, -0.15) is 4.73 Å². The number of aromatic nitrogens is 1. The molecule has 1 heterocycles. The Bertz CT molecular complexity index is 934. The quantitative estimate of drug-likeness (QED) is 0.451. The van der Waals surface area contributed by atoms with E-state index in [2.05, 4.69) is 5.32 Å². The smallest absolute Gasteiger partial charge is 0.405 e. The van der Waals surface area contributed by atoms with Crippen LogP contribution in [0.4, 0.5) is 5.69 Å². The van der Waals surface area contributed by atoms with Gasteiger partial charge in [0.2, 0.25) is 0 Å². The summed E-state index contributed by atoms with van der Waals surface area (Å²) in [7, 11) is 0. The Hall–Kier alpha value is -3.41. The summed E-state index contributed by atoms with van der Waals surface area (Å²) >= 11 is 0. The number of ether oxygens (including phenoxy) is 1. The van der Waals surface area contributed by atoms with Crippen LogP contribution in [0.2, 0.25) is 0 Å². The van der Waals surface area contributed by atoms with Gasteiger partial charge in [-0.25, -0.2) is 4.79 Å². The lowest BCUT2D eigenvalue weighted by atomic mass is 10.1. The molecule has 1 aromatic heterocycles. The normalized spacial score (nSPS) is 11.7.